The number of likely N-dealkylation sites (tertiary alicyclic amines) is 1. The lowest BCUT2D eigenvalue weighted by atomic mass is 9.96. The lowest BCUT2D eigenvalue weighted by molar-refractivity contribution is -0.139. The summed E-state index contributed by atoms with van der Waals surface area (Å²) in [6.45, 7) is 4.55. The average molecular weight is 293 g/mol. The minimum atomic E-state index is -0.797. The third-order valence-corrected chi connectivity index (χ3v) is 4.25. The first-order valence-electron chi connectivity index (χ1n) is 7.50. The Morgan fingerprint density at radius 2 is 2.14 bits per heavy atom. The Morgan fingerprint density at radius 1 is 1.38 bits per heavy atom. The Kier molecular flexibility index (Phi) is 4.98. The normalized spacial score (nSPS) is 18.8. The van der Waals surface area contributed by atoms with Crippen LogP contribution in [-0.4, -0.2) is 44.7 Å². The monoisotopic (exact) mass is 293 g/mol. The lowest BCUT2D eigenvalue weighted by Gasteiger charge is -2.35. The van der Waals surface area contributed by atoms with Crippen LogP contribution < -0.4 is 0 Å². The number of aliphatic carboxylic acids is 1. The summed E-state index contributed by atoms with van der Waals surface area (Å²) in [6.07, 6.45) is 3.99. The summed E-state index contributed by atoms with van der Waals surface area (Å²) < 4.78 is 0. The molecule has 2 heterocycles. The molecule has 1 aliphatic heterocycles. The number of amides is 1. The van der Waals surface area contributed by atoms with Crippen molar-refractivity contribution in [2.45, 2.75) is 58.4 Å². The molecule has 0 unspecified atom stereocenters. The van der Waals surface area contributed by atoms with E-state index in [9.17, 15) is 9.59 Å². The van der Waals surface area contributed by atoms with Gasteiger partial charge in [0.05, 0.1) is 12.1 Å². The number of aromatic nitrogens is 2. The van der Waals surface area contributed by atoms with Crippen LogP contribution in [0.5, 0.6) is 0 Å². The van der Waals surface area contributed by atoms with E-state index in [4.69, 9.17) is 5.11 Å². The van der Waals surface area contributed by atoms with Gasteiger partial charge in [0.2, 0.25) is 5.91 Å². The van der Waals surface area contributed by atoms with Crippen molar-refractivity contribution in [1.82, 2.24) is 15.1 Å². The molecule has 0 aromatic carbocycles. The van der Waals surface area contributed by atoms with Crippen LogP contribution in [0.4, 0.5) is 0 Å². The number of carbonyl (C=O) groups excluding carboxylic acids is 1. The van der Waals surface area contributed by atoms with Crippen LogP contribution in [0.3, 0.4) is 0 Å². The zero-order chi connectivity index (χ0) is 15.4. The van der Waals surface area contributed by atoms with Gasteiger partial charge in [-0.2, -0.15) is 5.10 Å². The maximum atomic E-state index is 12.6. The molecule has 0 spiro atoms. The number of H-pyrrole nitrogens is 1. The zero-order valence-corrected chi connectivity index (χ0v) is 12.7. The van der Waals surface area contributed by atoms with Crippen LogP contribution in [0.2, 0.25) is 0 Å². The standard InChI is InChI=1S/C15H23N3O3/c1-10-13(11(2)17-16-10)9-14(19)18-8-4-3-5-12(18)6-7-15(20)21/h12H,3-9H2,1-2H3,(H,16,17)(H,20,21)/t12-/m1/s1. The van der Waals surface area contributed by atoms with Gasteiger partial charge >= 0.3 is 5.97 Å². The van der Waals surface area contributed by atoms with Crippen molar-refractivity contribution in [2.24, 2.45) is 0 Å². The van der Waals surface area contributed by atoms with E-state index in [1.807, 2.05) is 18.7 Å². The van der Waals surface area contributed by atoms with Gasteiger partial charge in [-0.25, -0.2) is 0 Å². The highest BCUT2D eigenvalue weighted by atomic mass is 16.4. The Labute approximate surface area is 124 Å². The summed E-state index contributed by atoms with van der Waals surface area (Å²) in [7, 11) is 0. The van der Waals surface area contributed by atoms with E-state index in [1.54, 1.807) is 0 Å². The maximum absolute atomic E-state index is 12.6. The molecule has 0 bridgehead atoms. The number of hydrogen-bond donors (Lipinski definition) is 2. The van der Waals surface area contributed by atoms with E-state index in [0.29, 0.717) is 12.8 Å². The smallest absolute Gasteiger partial charge is 0.303 e. The topological polar surface area (TPSA) is 86.3 Å². The number of hydrogen-bond acceptors (Lipinski definition) is 3. The molecular weight excluding hydrogens is 270 g/mol. The largest absolute Gasteiger partial charge is 0.481 e. The Hall–Kier alpha value is -1.85. The van der Waals surface area contributed by atoms with Gasteiger partial charge in [-0.15, -0.1) is 0 Å². The van der Waals surface area contributed by atoms with Gasteiger partial charge in [-0.3, -0.25) is 14.7 Å². The van der Waals surface area contributed by atoms with Crippen molar-refractivity contribution in [3.63, 3.8) is 0 Å². The van der Waals surface area contributed by atoms with Gasteiger partial charge in [0.25, 0.3) is 0 Å². The van der Waals surface area contributed by atoms with Crippen molar-refractivity contribution in [2.75, 3.05) is 6.54 Å². The highest BCUT2D eigenvalue weighted by Gasteiger charge is 2.27. The number of rotatable bonds is 5. The Balaban J connectivity index is 2.03. The molecule has 2 rings (SSSR count). The molecule has 0 saturated carbocycles. The van der Waals surface area contributed by atoms with Crippen molar-refractivity contribution in [3.8, 4) is 0 Å². The van der Waals surface area contributed by atoms with Crippen LogP contribution in [0, 0.1) is 13.8 Å². The van der Waals surface area contributed by atoms with Crippen molar-refractivity contribution in [1.29, 1.82) is 0 Å². The van der Waals surface area contributed by atoms with Gasteiger partial charge in [-0.05, 0) is 39.5 Å². The van der Waals surface area contributed by atoms with Crippen LogP contribution in [-0.2, 0) is 16.0 Å². The first kappa shape index (κ1) is 15.5. The van der Waals surface area contributed by atoms with E-state index in [1.165, 1.54) is 0 Å². The molecular formula is C15H23N3O3. The second kappa shape index (κ2) is 6.74. The summed E-state index contributed by atoms with van der Waals surface area (Å²) in [5, 5.41) is 15.9. The molecule has 0 aliphatic carbocycles. The van der Waals surface area contributed by atoms with E-state index < -0.39 is 5.97 Å². The SMILES string of the molecule is Cc1n[nH]c(C)c1CC(=O)N1CCCC[C@@H]1CCC(=O)O. The number of carbonyl (C=O) groups is 2. The quantitative estimate of drug-likeness (QED) is 0.867. The van der Waals surface area contributed by atoms with Crippen LogP contribution in [0.15, 0.2) is 0 Å². The molecule has 2 N–H and O–H groups in total. The number of carboxylic acids is 1. The fourth-order valence-electron chi connectivity index (χ4n) is 3.01. The Bertz CT molecular complexity index is 505. The summed E-state index contributed by atoms with van der Waals surface area (Å²) in [5.74, 6) is -0.716. The summed E-state index contributed by atoms with van der Waals surface area (Å²) in [5.41, 5.74) is 2.75. The molecule has 1 amide bonds. The summed E-state index contributed by atoms with van der Waals surface area (Å²) >= 11 is 0. The van der Waals surface area contributed by atoms with Crippen LogP contribution in [0.1, 0.15) is 49.1 Å². The molecule has 6 heteroatoms. The number of piperidine rings is 1. The molecule has 1 aliphatic rings. The van der Waals surface area contributed by atoms with Crippen LogP contribution in [0.25, 0.3) is 0 Å². The van der Waals surface area contributed by atoms with E-state index in [-0.39, 0.29) is 18.4 Å². The first-order chi connectivity index (χ1) is 9.99. The number of aryl methyl sites for hydroxylation is 2. The van der Waals surface area contributed by atoms with Gasteiger partial charge in [0, 0.05) is 30.3 Å². The van der Waals surface area contributed by atoms with Gasteiger partial charge in [-0.1, -0.05) is 0 Å². The zero-order valence-electron chi connectivity index (χ0n) is 12.7. The fourth-order valence-corrected chi connectivity index (χ4v) is 3.01. The predicted molar refractivity (Wildman–Crippen MR) is 78.0 cm³/mol. The third kappa shape index (κ3) is 3.83. The molecule has 1 aromatic heterocycles. The Morgan fingerprint density at radius 3 is 2.76 bits per heavy atom. The molecule has 116 valence electrons. The minimum absolute atomic E-state index is 0.0647. The number of nitrogens with zero attached hydrogens (tertiary/aromatic N) is 2. The third-order valence-electron chi connectivity index (χ3n) is 4.25. The molecule has 1 fully saturated rings. The summed E-state index contributed by atoms with van der Waals surface area (Å²) in [4.78, 5) is 25.2. The second-order valence-electron chi connectivity index (χ2n) is 5.76. The minimum Gasteiger partial charge on any atom is -0.481 e. The van der Waals surface area contributed by atoms with Gasteiger partial charge < -0.3 is 10.0 Å². The second-order valence-corrected chi connectivity index (χ2v) is 5.76. The lowest BCUT2D eigenvalue weighted by Crippen LogP contribution is -2.44. The van der Waals surface area contributed by atoms with E-state index in [0.717, 1.165) is 42.8 Å². The highest BCUT2D eigenvalue weighted by Crippen LogP contribution is 2.22. The van der Waals surface area contributed by atoms with Crippen molar-refractivity contribution in [3.05, 3.63) is 17.0 Å². The molecule has 21 heavy (non-hydrogen) atoms. The summed E-state index contributed by atoms with van der Waals surface area (Å²) in [6, 6.07) is 0.0647. The van der Waals surface area contributed by atoms with E-state index >= 15 is 0 Å². The number of carboxylic acid groups (broad SMARTS) is 1. The molecule has 1 aromatic rings. The van der Waals surface area contributed by atoms with Crippen molar-refractivity contribution < 1.29 is 14.7 Å². The predicted octanol–water partition coefficient (Wildman–Crippen LogP) is 1.81. The molecule has 1 atom stereocenters. The average Bonchev–Trinajstić information content (AvgIpc) is 2.77. The number of aromatic amines is 1. The van der Waals surface area contributed by atoms with Gasteiger partial charge in [0.1, 0.15) is 0 Å². The number of nitrogens with one attached hydrogen (secondary N) is 1. The first-order valence-corrected chi connectivity index (χ1v) is 7.50. The van der Waals surface area contributed by atoms with Crippen LogP contribution >= 0.6 is 0 Å². The molecule has 0 radical (unpaired) electrons. The van der Waals surface area contributed by atoms with Gasteiger partial charge in [0.15, 0.2) is 0 Å². The maximum Gasteiger partial charge on any atom is 0.303 e. The van der Waals surface area contributed by atoms with E-state index in [2.05, 4.69) is 10.2 Å². The fraction of sp³-hybridized carbons (Fsp3) is 0.667. The molecule has 1 saturated heterocycles. The van der Waals surface area contributed by atoms with Crippen molar-refractivity contribution >= 4 is 11.9 Å². The highest BCUT2D eigenvalue weighted by molar-refractivity contribution is 5.79. The molecule has 6 nitrogen and oxygen atoms in total.